The van der Waals surface area contributed by atoms with Gasteiger partial charge in [-0.15, -0.1) is 0 Å². The van der Waals surface area contributed by atoms with Crippen molar-refractivity contribution in [2.45, 2.75) is 0 Å². The molecule has 98 valence electrons. The molecule has 0 aromatic carbocycles. The Morgan fingerprint density at radius 2 is 2.00 bits per heavy atom. The van der Waals surface area contributed by atoms with Crippen molar-refractivity contribution in [3.05, 3.63) is 24.3 Å². The summed E-state index contributed by atoms with van der Waals surface area (Å²) < 4.78 is 0. The summed E-state index contributed by atoms with van der Waals surface area (Å²) in [5.74, 6) is -1.47. The first-order chi connectivity index (χ1) is 8.50. The molecule has 0 aliphatic heterocycles. The van der Waals surface area contributed by atoms with Crippen molar-refractivity contribution in [2.24, 2.45) is 0 Å². The molecular weight excluding hydrogens is 236 g/mol. The van der Waals surface area contributed by atoms with Gasteiger partial charge in [0, 0.05) is 25.5 Å². The Labute approximate surface area is 105 Å². The van der Waals surface area contributed by atoms with Crippen molar-refractivity contribution in [1.82, 2.24) is 19.8 Å². The molecule has 7 heteroatoms. The summed E-state index contributed by atoms with van der Waals surface area (Å²) in [5.41, 5.74) is 0.150. The largest absolute Gasteiger partial charge is 0.480 e. The highest BCUT2D eigenvalue weighted by Gasteiger charge is 2.19. The van der Waals surface area contributed by atoms with E-state index in [2.05, 4.69) is 9.97 Å². The van der Waals surface area contributed by atoms with Crippen molar-refractivity contribution in [3.63, 3.8) is 0 Å². The molecule has 1 aromatic heterocycles. The maximum Gasteiger partial charge on any atom is 0.323 e. The van der Waals surface area contributed by atoms with Gasteiger partial charge in [0.25, 0.3) is 5.91 Å². The molecule has 18 heavy (non-hydrogen) atoms. The van der Waals surface area contributed by atoms with E-state index in [4.69, 9.17) is 5.11 Å². The van der Waals surface area contributed by atoms with E-state index in [1.807, 2.05) is 19.0 Å². The number of carbonyl (C=O) groups is 2. The second-order valence-electron chi connectivity index (χ2n) is 4.01. The van der Waals surface area contributed by atoms with Crippen LogP contribution in [0.1, 0.15) is 10.5 Å². The van der Waals surface area contributed by atoms with Crippen LogP contribution < -0.4 is 0 Å². The average Bonchev–Trinajstić information content (AvgIpc) is 2.34. The number of aliphatic carboxylic acids is 1. The summed E-state index contributed by atoms with van der Waals surface area (Å²) in [7, 11) is 3.71. The van der Waals surface area contributed by atoms with Crippen LogP contribution in [0.2, 0.25) is 0 Å². The van der Waals surface area contributed by atoms with Crippen molar-refractivity contribution >= 4 is 11.9 Å². The van der Waals surface area contributed by atoms with Gasteiger partial charge in [0.05, 0.1) is 6.20 Å². The Morgan fingerprint density at radius 3 is 2.50 bits per heavy atom. The first-order valence-electron chi connectivity index (χ1n) is 5.42. The Balaban J connectivity index is 2.75. The lowest BCUT2D eigenvalue weighted by Crippen LogP contribution is -2.40. The molecule has 1 aromatic rings. The van der Waals surface area contributed by atoms with Gasteiger partial charge >= 0.3 is 5.97 Å². The molecule has 0 saturated heterocycles. The zero-order valence-corrected chi connectivity index (χ0v) is 10.4. The summed E-state index contributed by atoms with van der Waals surface area (Å²) in [6, 6.07) is 0. The van der Waals surface area contributed by atoms with E-state index < -0.39 is 11.9 Å². The van der Waals surface area contributed by atoms with E-state index in [-0.39, 0.29) is 12.2 Å². The van der Waals surface area contributed by atoms with Gasteiger partial charge in [0.1, 0.15) is 12.2 Å². The third-order valence-electron chi connectivity index (χ3n) is 2.21. The third kappa shape index (κ3) is 4.46. The molecule has 0 fully saturated rings. The minimum atomic E-state index is -1.05. The number of amides is 1. The van der Waals surface area contributed by atoms with Crippen LogP contribution >= 0.6 is 0 Å². The van der Waals surface area contributed by atoms with Crippen molar-refractivity contribution in [2.75, 3.05) is 33.7 Å². The summed E-state index contributed by atoms with van der Waals surface area (Å²) >= 11 is 0. The van der Waals surface area contributed by atoms with Crippen LogP contribution in [0.25, 0.3) is 0 Å². The normalized spacial score (nSPS) is 10.4. The van der Waals surface area contributed by atoms with Crippen molar-refractivity contribution in [1.29, 1.82) is 0 Å². The monoisotopic (exact) mass is 252 g/mol. The van der Waals surface area contributed by atoms with E-state index in [0.29, 0.717) is 13.1 Å². The topological polar surface area (TPSA) is 86.6 Å². The van der Waals surface area contributed by atoms with Crippen LogP contribution in [-0.4, -0.2) is 70.5 Å². The Bertz CT molecular complexity index is 408. The fourth-order valence-corrected chi connectivity index (χ4v) is 1.31. The molecule has 1 rings (SSSR count). The smallest absolute Gasteiger partial charge is 0.323 e. The number of rotatable bonds is 6. The zero-order chi connectivity index (χ0) is 13.5. The van der Waals surface area contributed by atoms with Gasteiger partial charge in [-0.3, -0.25) is 14.6 Å². The van der Waals surface area contributed by atoms with Crippen LogP contribution in [0.3, 0.4) is 0 Å². The number of hydrogen-bond acceptors (Lipinski definition) is 5. The van der Waals surface area contributed by atoms with Gasteiger partial charge in [0.15, 0.2) is 0 Å². The molecule has 1 N–H and O–H groups in total. The third-order valence-corrected chi connectivity index (χ3v) is 2.21. The molecule has 0 bridgehead atoms. The number of carboxylic acids is 1. The molecular formula is C11H16N4O3. The molecule has 0 aliphatic carbocycles. The summed E-state index contributed by atoms with van der Waals surface area (Å²) in [4.78, 5) is 33.6. The predicted octanol–water partition coefficient (Wildman–Crippen LogP) is -0.435. The highest BCUT2D eigenvalue weighted by Crippen LogP contribution is 2.00. The Hall–Kier alpha value is -2.02. The average molecular weight is 252 g/mol. The van der Waals surface area contributed by atoms with Crippen LogP contribution in [0.4, 0.5) is 0 Å². The summed E-state index contributed by atoms with van der Waals surface area (Å²) in [5, 5.41) is 8.80. The molecule has 0 atom stereocenters. The molecule has 0 radical (unpaired) electrons. The lowest BCUT2D eigenvalue weighted by atomic mass is 10.3. The molecule has 0 aliphatic rings. The van der Waals surface area contributed by atoms with E-state index >= 15 is 0 Å². The van der Waals surface area contributed by atoms with E-state index in [9.17, 15) is 9.59 Å². The number of carbonyl (C=O) groups excluding carboxylic acids is 1. The molecule has 1 heterocycles. The number of carboxylic acid groups (broad SMARTS) is 1. The minimum absolute atomic E-state index is 0.150. The molecule has 0 saturated carbocycles. The highest BCUT2D eigenvalue weighted by atomic mass is 16.4. The van der Waals surface area contributed by atoms with E-state index in [1.54, 1.807) is 0 Å². The fourth-order valence-electron chi connectivity index (χ4n) is 1.31. The van der Waals surface area contributed by atoms with Crippen molar-refractivity contribution < 1.29 is 14.7 Å². The second kappa shape index (κ2) is 6.65. The first kappa shape index (κ1) is 14.0. The summed E-state index contributed by atoms with van der Waals surface area (Å²) in [6.07, 6.45) is 4.18. The van der Waals surface area contributed by atoms with Gasteiger partial charge in [-0.1, -0.05) is 0 Å². The lowest BCUT2D eigenvalue weighted by molar-refractivity contribution is -0.137. The van der Waals surface area contributed by atoms with Crippen molar-refractivity contribution in [3.8, 4) is 0 Å². The van der Waals surface area contributed by atoms with Crippen LogP contribution in [0.15, 0.2) is 18.6 Å². The standard InChI is InChI=1S/C11H16N4O3/c1-14(2)5-6-15(8-10(16)17)11(18)9-7-12-3-4-13-9/h3-4,7H,5-6,8H2,1-2H3,(H,16,17). The van der Waals surface area contributed by atoms with E-state index in [0.717, 1.165) is 0 Å². The fraction of sp³-hybridized carbons (Fsp3) is 0.455. The Kier molecular flexibility index (Phi) is 5.19. The number of aromatic nitrogens is 2. The minimum Gasteiger partial charge on any atom is -0.480 e. The van der Waals surface area contributed by atoms with Gasteiger partial charge in [0.2, 0.25) is 0 Å². The van der Waals surface area contributed by atoms with E-state index in [1.165, 1.54) is 23.5 Å². The predicted molar refractivity (Wildman–Crippen MR) is 64.1 cm³/mol. The summed E-state index contributed by atoms with van der Waals surface area (Å²) in [6.45, 7) is 0.567. The zero-order valence-electron chi connectivity index (χ0n) is 10.4. The lowest BCUT2D eigenvalue weighted by Gasteiger charge is -2.22. The number of nitrogens with zero attached hydrogens (tertiary/aromatic N) is 4. The molecule has 0 unspecified atom stereocenters. The highest BCUT2D eigenvalue weighted by molar-refractivity contribution is 5.93. The van der Waals surface area contributed by atoms with Gasteiger partial charge in [-0.05, 0) is 14.1 Å². The SMILES string of the molecule is CN(C)CCN(CC(=O)O)C(=O)c1cnccn1. The van der Waals surface area contributed by atoms with Gasteiger partial charge in [-0.25, -0.2) is 4.98 Å². The maximum absolute atomic E-state index is 12.0. The molecule has 0 spiro atoms. The van der Waals surface area contributed by atoms with Gasteiger partial charge in [-0.2, -0.15) is 0 Å². The quantitative estimate of drug-likeness (QED) is 0.739. The number of hydrogen-bond donors (Lipinski definition) is 1. The van der Waals surface area contributed by atoms with Crippen LogP contribution in [0, 0.1) is 0 Å². The van der Waals surface area contributed by atoms with Crippen LogP contribution in [-0.2, 0) is 4.79 Å². The Morgan fingerprint density at radius 1 is 1.28 bits per heavy atom. The molecule has 7 nitrogen and oxygen atoms in total. The first-order valence-corrected chi connectivity index (χ1v) is 5.42. The van der Waals surface area contributed by atoms with Crippen LogP contribution in [0.5, 0.6) is 0 Å². The second-order valence-corrected chi connectivity index (χ2v) is 4.01. The molecule has 1 amide bonds. The van der Waals surface area contributed by atoms with Gasteiger partial charge < -0.3 is 14.9 Å². The maximum atomic E-state index is 12.0. The number of likely N-dealkylation sites (N-methyl/N-ethyl adjacent to an activating group) is 1.